The van der Waals surface area contributed by atoms with Crippen molar-refractivity contribution in [2.24, 2.45) is 23.7 Å². The Hall–Kier alpha value is -0.0800. The molecule has 2 N–H and O–H groups in total. The zero-order chi connectivity index (χ0) is 12.8. The van der Waals surface area contributed by atoms with E-state index in [1.54, 1.807) is 12.8 Å². The summed E-state index contributed by atoms with van der Waals surface area (Å²) in [6.07, 6.45) is 8.88. The van der Waals surface area contributed by atoms with E-state index in [-0.39, 0.29) is 0 Å². The number of hydrogen-bond acceptors (Lipinski definition) is 2. The molecule has 2 rings (SSSR count). The molecule has 0 aliphatic heterocycles. The average molecular weight is 252 g/mol. The molecule has 0 heterocycles. The molecule has 2 heteroatoms. The van der Waals surface area contributed by atoms with Crippen LogP contribution < -0.4 is 10.6 Å². The Balaban J connectivity index is 1.38. The van der Waals surface area contributed by atoms with Crippen molar-refractivity contribution in [3.05, 3.63) is 0 Å². The van der Waals surface area contributed by atoms with E-state index in [1.165, 1.54) is 45.3 Å². The lowest BCUT2D eigenvalue weighted by Crippen LogP contribution is -2.26. The van der Waals surface area contributed by atoms with Gasteiger partial charge in [-0.05, 0) is 82.0 Å². The van der Waals surface area contributed by atoms with Crippen LogP contribution in [0.15, 0.2) is 0 Å². The van der Waals surface area contributed by atoms with Crippen molar-refractivity contribution in [2.75, 3.05) is 26.2 Å². The molecule has 106 valence electrons. The van der Waals surface area contributed by atoms with Crippen LogP contribution in [0.3, 0.4) is 0 Å². The fraction of sp³-hybridized carbons (Fsp3) is 1.00. The van der Waals surface area contributed by atoms with E-state index in [1.807, 2.05) is 0 Å². The highest BCUT2D eigenvalue weighted by Crippen LogP contribution is 2.49. The molecule has 2 saturated carbocycles. The van der Waals surface area contributed by atoms with E-state index < -0.39 is 0 Å². The lowest BCUT2D eigenvalue weighted by molar-refractivity contribution is 0.310. The van der Waals surface area contributed by atoms with Crippen LogP contribution >= 0.6 is 0 Å². The van der Waals surface area contributed by atoms with Crippen molar-refractivity contribution in [1.29, 1.82) is 0 Å². The van der Waals surface area contributed by atoms with E-state index in [0.29, 0.717) is 0 Å². The van der Waals surface area contributed by atoms with E-state index in [4.69, 9.17) is 0 Å². The average Bonchev–Trinajstić information content (AvgIpc) is 2.94. The molecular formula is C16H32N2. The topological polar surface area (TPSA) is 24.1 Å². The van der Waals surface area contributed by atoms with Gasteiger partial charge in [0.2, 0.25) is 0 Å². The second kappa shape index (κ2) is 7.49. The number of hydrogen-bond donors (Lipinski definition) is 2. The quantitative estimate of drug-likeness (QED) is 0.616. The minimum atomic E-state index is 0.774. The van der Waals surface area contributed by atoms with E-state index in [9.17, 15) is 0 Å². The predicted molar refractivity (Wildman–Crippen MR) is 78.7 cm³/mol. The lowest BCUT2D eigenvalue weighted by atomic mass is 9.86. The van der Waals surface area contributed by atoms with Gasteiger partial charge in [-0.3, -0.25) is 0 Å². The summed E-state index contributed by atoms with van der Waals surface area (Å²) in [7, 11) is 0. The monoisotopic (exact) mass is 252 g/mol. The Bertz CT molecular complexity index is 227. The Morgan fingerprint density at radius 2 is 1.83 bits per heavy atom. The first kappa shape index (κ1) is 14.3. The Labute approximate surface area is 113 Å². The third kappa shape index (κ3) is 4.55. The maximum atomic E-state index is 3.62. The lowest BCUT2D eigenvalue weighted by Gasteiger charge is -2.21. The van der Waals surface area contributed by atoms with Gasteiger partial charge in [-0.15, -0.1) is 0 Å². The fourth-order valence-corrected chi connectivity index (χ4v) is 3.87. The second-order valence-corrected chi connectivity index (χ2v) is 6.93. The highest BCUT2D eigenvalue weighted by molar-refractivity contribution is 4.89. The van der Waals surface area contributed by atoms with Crippen molar-refractivity contribution in [2.45, 2.75) is 52.4 Å². The van der Waals surface area contributed by atoms with Crippen LogP contribution in [0, 0.1) is 23.7 Å². The van der Waals surface area contributed by atoms with E-state index >= 15 is 0 Å². The molecule has 0 radical (unpaired) electrons. The smallest absolute Gasteiger partial charge is 0.00258 e. The first-order valence-electron chi connectivity index (χ1n) is 8.17. The van der Waals surface area contributed by atoms with Crippen molar-refractivity contribution >= 4 is 0 Å². The van der Waals surface area contributed by atoms with E-state index in [2.05, 4.69) is 24.5 Å². The summed E-state index contributed by atoms with van der Waals surface area (Å²) in [6, 6.07) is 0. The Morgan fingerprint density at radius 1 is 1.00 bits per heavy atom. The van der Waals surface area contributed by atoms with Gasteiger partial charge in [0.05, 0.1) is 0 Å². The van der Waals surface area contributed by atoms with Gasteiger partial charge in [0.1, 0.15) is 0 Å². The molecule has 2 fully saturated rings. The minimum Gasteiger partial charge on any atom is -0.317 e. The van der Waals surface area contributed by atoms with Crippen LogP contribution in [-0.2, 0) is 0 Å². The largest absolute Gasteiger partial charge is 0.317 e. The predicted octanol–water partition coefficient (Wildman–Crippen LogP) is 3.04. The maximum Gasteiger partial charge on any atom is -0.00258 e. The van der Waals surface area contributed by atoms with Gasteiger partial charge in [-0.1, -0.05) is 20.3 Å². The SMILES string of the molecule is CC(C)CNCCCNCCC1CC2CCC1C2. The van der Waals surface area contributed by atoms with Crippen LogP contribution in [0.1, 0.15) is 52.4 Å². The summed E-state index contributed by atoms with van der Waals surface area (Å²) in [6.45, 7) is 9.29. The summed E-state index contributed by atoms with van der Waals surface area (Å²) in [5, 5.41) is 7.12. The van der Waals surface area contributed by atoms with Crippen LogP contribution in [0.5, 0.6) is 0 Å². The maximum absolute atomic E-state index is 3.62. The Morgan fingerprint density at radius 3 is 2.50 bits per heavy atom. The van der Waals surface area contributed by atoms with Crippen LogP contribution in [0.25, 0.3) is 0 Å². The summed E-state index contributed by atoms with van der Waals surface area (Å²) in [4.78, 5) is 0. The molecule has 2 aliphatic rings. The third-order valence-corrected chi connectivity index (χ3v) is 4.84. The first-order valence-corrected chi connectivity index (χ1v) is 8.17. The number of rotatable bonds is 9. The first-order chi connectivity index (χ1) is 8.75. The van der Waals surface area contributed by atoms with E-state index in [0.717, 1.165) is 30.2 Å². The number of fused-ring (bicyclic) bond motifs is 2. The summed E-state index contributed by atoms with van der Waals surface area (Å²) >= 11 is 0. The van der Waals surface area contributed by atoms with Gasteiger partial charge in [-0.25, -0.2) is 0 Å². The zero-order valence-electron chi connectivity index (χ0n) is 12.4. The second-order valence-electron chi connectivity index (χ2n) is 6.93. The van der Waals surface area contributed by atoms with Crippen molar-refractivity contribution in [3.63, 3.8) is 0 Å². The third-order valence-electron chi connectivity index (χ3n) is 4.84. The minimum absolute atomic E-state index is 0.774. The summed E-state index contributed by atoms with van der Waals surface area (Å²) in [5.41, 5.74) is 0. The highest BCUT2D eigenvalue weighted by Gasteiger charge is 2.38. The molecule has 2 bridgehead atoms. The number of nitrogens with one attached hydrogen (secondary N) is 2. The molecule has 0 saturated heterocycles. The normalized spacial score (nSPS) is 30.5. The van der Waals surface area contributed by atoms with Crippen molar-refractivity contribution in [1.82, 2.24) is 10.6 Å². The van der Waals surface area contributed by atoms with Gasteiger partial charge in [-0.2, -0.15) is 0 Å². The standard InChI is InChI=1S/C16H32N2/c1-13(2)12-18-8-3-7-17-9-6-16-11-14-4-5-15(16)10-14/h13-18H,3-12H2,1-2H3. The van der Waals surface area contributed by atoms with Crippen LogP contribution in [0.2, 0.25) is 0 Å². The van der Waals surface area contributed by atoms with Gasteiger partial charge < -0.3 is 10.6 Å². The van der Waals surface area contributed by atoms with Gasteiger partial charge >= 0.3 is 0 Å². The molecule has 3 unspecified atom stereocenters. The van der Waals surface area contributed by atoms with Gasteiger partial charge in [0, 0.05) is 0 Å². The molecule has 2 nitrogen and oxygen atoms in total. The fourth-order valence-electron chi connectivity index (χ4n) is 3.87. The summed E-state index contributed by atoms with van der Waals surface area (Å²) < 4.78 is 0. The molecule has 0 amide bonds. The molecule has 0 aromatic carbocycles. The molecule has 18 heavy (non-hydrogen) atoms. The zero-order valence-corrected chi connectivity index (χ0v) is 12.4. The molecule has 0 aromatic rings. The van der Waals surface area contributed by atoms with Crippen LogP contribution in [-0.4, -0.2) is 26.2 Å². The van der Waals surface area contributed by atoms with Crippen molar-refractivity contribution < 1.29 is 0 Å². The highest BCUT2D eigenvalue weighted by atomic mass is 14.9. The molecular weight excluding hydrogens is 220 g/mol. The molecule has 0 spiro atoms. The van der Waals surface area contributed by atoms with Gasteiger partial charge in [0.25, 0.3) is 0 Å². The molecule has 3 atom stereocenters. The molecule has 0 aromatic heterocycles. The van der Waals surface area contributed by atoms with Gasteiger partial charge in [0.15, 0.2) is 0 Å². The van der Waals surface area contributed by atoms with Crippen molar-refractivity contribution in [3.8, 4) is 0 Å². The van der Waals surface area contributed by atoms with Crippen LogP contribution in [0.4, 0.5) is 0 Å². The summed E-state index contributed by atoms with van der Waals surface area (Å²) in [5.74, 6) is 4.05. The molecule has 2 aliphatic carbocycles. The Kier molecular flexibility index (Phi) is 5.97.